The molecule has 0 radical (unpaired) electrons. The SMILES string of the molecule is CC(=O)N1CCCN(c2ncnc3c2CN(C2CCNCC2)C(=O)CN3C)CC1. The van der Waals surface area contributed by atoms with Crippen molar-refractivity contribution < 1.29 is 9.59 Å². The van der Waals surface area contributed by atoms with Crippen LogP contribution in [0.3, 0.4) is 0 Å². The summed E-state index contributed by atoms with van der Waals surface area (Å²) >= 11 is 0. The van der Waals surface area contributed by atoms with Gasteiger partial charge in [-0.05, 0) is 32.4 Å². The van der Waals surface area contributed by atoms with Crippen molar-refractivity contribution in [1.82, 2.24) is 25.1 Å². The Morgan fingerprint density at radius 3 is 2.59 bits per heavy atom. The van der Waals surface area contributed by atoms with Crippen molar-refractivity contribution in [2.24, 2.45) is 0 Å². The summed E-state index contributed by atoms with van der Waals surface area (Å²) in [6.07, 6.45) is 4.46. The van der Waals surface area contributed by atoms with E-state index in [1.807, 2.05) is 21.7 Å². The summed E-state index contributed by atoms with van der Waals surface area (Å²) in [6, 6.07) is 0.258. The van der Waals surface area contributed by atoms with Gasteiger partial charge in [-0.2, -0.15) is 0 Å². The second-order valence-electron chi connectivity index (χ2n) is 8.20. The normalized spacial score (nSPS) is 21.7. The molecule has 1 N–H and O–H groups in total. The van der Waals surface area contributed by atoms with Crippen LogP contribution >= 0.6 is 0 Å². The lowest BCUT2D eigenvalue weighted by atomic mass is 10.0. The van der Waals surface area contributed by atoms with E-state index in [-0.39, 0.29) is 17.9 Å². The number of piperidine rings is 1. The molecular formula is C20H31N7O2. The standard InChI is InChI=1S/C20H31N7O2/c1-15(28)25-8-3-9-26(11-10-25)20-17-12-27(16-4-6-21-7-5-16)18(29)13-24(2)19(17)22-14-23-20/h14,16,21H,3-13H2,1-2H3. The third-order valence-corrected chi connectivity index (χ3v) is 6.27. The van der Waals surface area contributed by atoms with Gasteiger partial charge in [-0.1, -0.05) is 0 Å². The first-order valence-electron chi connectivity index (χ1n) is 10.6. The topological polar surface area (TPSA) is 84.9 Å². The maximum absolute atomic E-state index is 13.0. The first kappa shape index (κ1) is 19.9. The molecule has 0 aliphatic carbocycles. The number of aromatic nitrogens is 2. The Kier molecular flexibility index (Phi) is 5.84. The Bertz CT molecular complexity index is 765. The van der Waals surface area contributed by atoms with E-state index in [0.717, 1.165) is 69.2 Å². The van der Waals surface area contributed by atoms with Crippen molar-refractivity contribution >= 4 is 23.5 Å². The minimum atomic E-state index is 0.121. The fraction of sp³-hybridized carbons (Fsp3) is 0.700. The Morgan fingerprint density at radius 2 is 1.83 bits per heavy atom. The highest BCUT2D eigenvalue weighted by Crippen LogP contribution is 2.31. The highest BCUT2D eigenvalue weighted by atomic mass is 16.2. The molecule has 3 aliphatic heterocycles. The molecule has 0 aromatic carbocycles. The molecule has 0 atom stereocenters. The number of fused-ring (bicyclic) bond motifs is 1. The number of anilines is 2. The molecule has 9 nitrogen and oxygen atoms in total. The molecule has 0 bridgehead atoms. The summed E-state index contributed by atoms with van der Waals surface area (Å²) in [5.41, 5.74) is 1.02. The Hall–Kier alpha value is -2.42. The lowest BCUT2D eigenvalue weighted by Gasteiger charge is -2.34. The molecule has 2 fully saturated rings. The number of carbonyl (C=O) groups is 2. The van der Waals surface area contributed by atoms with E-state index in [9.17, 15) is 9.59 Å². The first-order chi connectivity index (χ1) is 14.0. The van der Waals surface area contributed by atoms with Gasteiger partial charge < -0.3 is 24.9 Å². The fourth-order valence-corrected chi connectivity index (χ4v) is 4.66. The number of likely N-dealkylation sites (N-methyl/N-ethyl adjacent to an activating group) is 1. The molecule has 158 valence electrons. The van der Waals surface area contributed by atoms with Gasteiger partial charge in [0.2, 0.25) is 11.8 Å². The van der Waals surface area contributed by atoms with Crippen LogP contribution in [0.15, 0.2) is 6.33 Å². The second-order valence-corrected chi connectivity index (χ2v) is 8.20. The molecule has 1 aromatic heterocycles. The minimum Gasteiger partial charge on any atom is -0.354 e. The maximum Gasteiger partial charge on any atom is 0.242 e. The first-order valence-corrected chi connectivity index (χ1v) is 10.6. The lowest BCUT2D eigenvalue weighted by molar-refractivity contribution is -0.133. The lowest BCUT2D eigenvalue weighted by Crippen LogP contribution is -2.47. The van der Waals surface area contributed by atoms with Crippen molar-refractivity contribution in [3.05, 3.63) is 11.9 Å². The summed E-state index contributed by atoms with van der Waals surface area (Å²) < 4.78 is 0. The molecule has 4 heterocycles. The van der Waals surface area contributed by atoms with Gasteiger partial charge in [0.25, 0.3) is 0 Å². The quantitative estimate of drug-likeness (QED) is 0.750. The number of nitrogens with zero attached hydrogens (tertiary/aromatic N) is 6. The Labute approximate surface area is 172 Å². The average molecular weight is 402 g/mol. The minimum absolute atomic E-state index is 0.121. The van der Waals surface area contributed by atoms with E-state index in [1.165, 1.54) is 0 Å². The van der Waals surface area contributed by atoms with Crippen molar-refractivity contribution in [3.8, 4) is 0 Å². The van der Waals surface area contributed by atoms with Crippen LogP contribution in [0.25, 0.3) is 0 Å². The summed E-state index contributed by atoms with van der Waals surface area (Å²) in [5.74, 6) is 2.02. The average Bonchev–Trinajstić information content (AvgIpc) is 3.04. The number of rotatable bonds is 2. The predicted molar refractivity (Wildman–Crippen MR) is 111 cm³/mol. The number of carbonyl (C=O) groups excluding carboxylic acids is 2. The molecule has 3 aliphatic rings. The van der Waals surface area contributed by atoms with Gasteiger partial charge in [-0.25, -0.2) is 9.97 Å². The highest BCUT2D eigenvalue weighted by Gasteiger charge is 2.33. The zero-order valence-corrected chi connectivity index (χ0v) is 17.4. The van der Waals surface area contributed by atoms with Crippen LogP contribution in [0, 0.1) is 0 Å². The molecule has 0 saturated carbocycles. The summed E-state index contributed by atoms with van der Waals surface area (Å²) in [6.45, 7) is 7.47. The zero-order chi connectivity index (χ0) is 20.4. The summed E-state index contributed by atoms with van der Waals surface area (Å²) in [7, 11) is 1.93. The van der Waals surface area contributed by atoms with Gasteiger partial charge in [0.1, 0.15) is 18.0 Å². The van der Waals surface area contributed by atoms with E-state index >= 15 is 0 Å². The van der Waals surface area contributed by atoms with Crippen molar-refractivity contribution in [3.63, 3.8) is 0 Å². The van der Waals surface area contributed by atoms with Gasteiger partial charge in [-0.15, -0.1) is 0 Å². The van der Waals surface area contributed by atoms with Crippen LogP contribution in [0.1, 0.15) is 31.7 Å². The van der Waals surface area contributed by atoms with E-state index in [4.69, 9.17) is 0 Å². The van der Waals surface area contributed by atoms with Crippen molar-refractivity contribution in [1.29, 1.82) is 0 Å². The maximum atomic E-state index is 13.0. The van der Waals surface area contributed by atoms with E-state index < -0.39 is 0 Å². The van der Waals surface area contributed by atoms with E-state index in [1.54, 1.807) is 13.3 Å². The summed E-state index contributed by atoms with van der Waals surface area (Å²) in [4.78, 5) is 42.1. The van der Waals surface area contributed by atoms with Crippen LogP contribution in [0.2, 0.25) is 0 Å². The number of hydrogen-bond donors (Lipinski definition) is 1. The van der Waals surface area contributed by atoms with Gasteiger partial charge in [0.05, 0.1) is 18.7 Å². The molecule has 9 heteroatoms. The zero-order valence-electron chi connectivity index (χ0n) is 17.4. The Morgan fingerprint density at radius 1 is 1.07 bits per heavy atom. The van der Waals surface area contributed by atoms with Crippen LogP contribution in [0.4, 0.5) is 11.6 Å². The smallest absolute Gasteiger partial charge is 0.242 e. The van der Waals surface area contributed by atoms with Crippen molar-refractivity contribution in [2.75, 3.05) is 62.7 Å². The fourth-order valence-electron chi connectivity index (χ4n) is 4.66. The molecular weight excluding hydrogens is 370 g/mol. The number of amides is 2. The third-order valence-electron chi connectivity index (χ3n) is 6.27. The van der Waals surface area contributed by atoms with Gasteiger partial charge >= 0.3 is 0 Å². The molecule has 29 heavy (non-hydrogen) atoms. The predicted octanol–water partition coefficient (Wildman–Crippen LogP) is 0.0656. The molecule has 2 amide bonds. The molecule has 4 rings (SSSR count). The van der Waals surface area contributed by atoms with Crippen molar-refractivity contribution in [2.45, 2.75) is 38.8 Å². The van der Waals surface area contributed by atoms with Crippen LogP contribution in [-0.4, -0.2) is 90.5 Å². The van der Waals surface area contributed by atoms with Gasteiger partial charge in [-0.3, -0.25) is 9.59 Å². The molecule has 1 aromatic rings. The van der Waals surface area contributed by atoms with Crippen LogP contribution in [0.5, 0.6) is 0 Å². The van der Waals surface area contributed by atoms with Gasteiger partial charge in [0.15, 0.2) is 0 Å². The molecule has 2 saturated heterocycles. The molecule has 0 spiro atoms. The van der Waals surface area contributed by atoms with Crippen LogP contribution in [-0.2, 0) is 16.1 Å². The monoisotopic (exact) mass is 401 g/mol. The molecule has 0 unspecified atom stereocenters. The second kappa shape index (κ2) is 8.52. The van der Waals surface area contributed by atoms with Gasteiger partial charge in [0, 0.05) is 46.2 Å². The van der Waals surface area contributed by atoms with E-state index in [2.05, 4.69) is 20.2 Å². The highest BCUT2D eigenvalue weighted by molar-refractivity contribution is 5.84. The number of nitrogens with one attached hydrogen (secondary N) is 1. The largest absolute Gasteiger partial charge is 0.354 e. The van der Waals surface area contributed by atoms with E-state index in [0.29, 0.717) is 19.6 Å². The third kappa shape index (κ3) is 4.14. The summed E-state index contributed by atoms with van der Waals surface area (Å²) in [5, 5.41) is 3.38. The number of hydrogen-bond acceptors (Lipinski definition) is 7. The van der Waals surface area contributed by atoms with Crippen LogP contribution < -0.4 is 15.1 Å². The Balaban J connectivity index is 1.64.